The summed E-state index contributed by atoms with van der Waals surface area (Å²) in [7, 11) is 0. The van der Waals surface area contributed by atoms with E-state index in [-0.39, 0.29) is 18.8 Å². The van der Waals surface area contributed by atoms with Crippen molar-refractivity contribution >= 4 is 5.69 Å². The van der Waals surface area contributed by atoms with Gasteiger partial charge in [-0.05, 0) is 42.5 Å². The van der Waals surface area contributed by atoms with E-state index in [9.17, 15) is 26.3 Å². The molecule has 31 heavy (non-hydrogen) atoms. The van der Waals surface area contributed by atoms with Crippen molar-refractivity contribution in [1.82, 2.24) is 0 Å². The standard InChI is InChI=1S/C20H13F6N3O2/c21-19(22,23)17-7-14(4-3-13(17)9-28)29-10-16(31-18(29)20(24,25)26)11-30-15-5-1-12(8-27)2-6-15/h1-7,16,18H,10-11H2/t16-,18+/m1/s1. The Hall–Kier alpha value is -3.44. The van der Waals surface area contributed by atoms with Gasteiger partial charge in [-0.3, -0.25) is 0 Å². The normalized spacial score (nSPS) is 19.0. The third kappa shape index (κ3) is 5.01. The van der Waals surface area contributed by atoms with Crippen LogP contribution in [-0.4, -0.2) is 31.7 Å². The summed E-state index contributed by atoms with van der Waals surface area (Å²) in [5.74, 6) is 0.294. The van der Waals surface area contributed by atoms with Gasteiger partial charge in [-0.1, -0.05) is 0 Å². The van der Waals surface area contributed by atoms with Crippen molar-refractivity contribution in [1.29, 1.82) is 10.5 Å². The van der Waals surface area contributed by atoms with Gasteiger partial charge in [-0.25, -0.2) is 0 Å². The predicted molar refractivity (Wildman–Crippen MR) is 94.9 cm³/mol. The van der Waals surface area contributed by atoms with Crippen molar-refractivity contribution < 1.29 is 35.8 Å². The molecule has 0 saturated carbocycles. The minimum absolute atomic E-state index is 0.294. The largest absolute Gasteiger partial charge is 0.491 e. The molecule has 2 atom stereocenters. The van der Waals surface area contributed by atoms with Gasteiger partial charge in [-0.15, -0.1) is 0 Å². The molecule has 0 bridgehead atoms. The first-order valence-electron chi connectivity index (χ1n) is 8.76. The van der Waals surface area contributed by atoms with E-state index < -0.39 is 35.8 Å². The number of halogens is 6. The van der Waals surface area contributed by atoms with Crippen LogP contribution in [0.5, 0.6) is 5.75 Å². The van der Waals surface area contributed by atoms with E-state index in [1.807, 2.05) is 6.07 Å². The summed E-state index contributed by atoms with van der Waals surface area (Å²) in [5.41, 5.74) is -2.03. The van der Waals surface area contributed by atoms with E-state index in [0.29, 0.717) is 22.3 Å². The van der Waals surface area contributed by atoms with E-state index in [1.54, 1.807) is 0 Å². The van der Waals surface area contributed by atoms with Crippen LogP contribution < -0.4 is 9.64 Å². The topological polar surface area (TPSA) is 69.3 Å². The highest BCUT2D eigenvalue weighted by atomic mass is 19.4. The number of alkyl halides is 6. The molecule has 0 aliphatic carbocycles. The maximum absolute atomic E-state index is 13.5. The molecule has 5 nitrogen and oxygen atoms in total. The van der Waals surface area contributed by atoms with Gasteiger partial charge in [0.1, 0.15) is 18.5 Å². The van der Waals surface area contributed by atoms with Gasteiger partial charge in [0.25, 0.3) is 0 Å². The van der Waals surface area contributed by atoms with Crippen molar-refractivity contribution in [2.75, 3.05) is 18.1 Å². The Morgan fingerprint density at radius 3 is 2.23 bits per heavy atom. The van der Waals surface area contributed by atoms with Gasteiger partial charge in [0.05, 0.1) is 35.4 Å². The summed E-state index contributed by atoms with van der Waals surface area (Å²) >= 11 is 0. The van der Waals surface area contributed by atoms with Crippen molar-refractivity contribution in [2.45, 2.75) is 24.7 Å². The van der Waals surface area contributed by atoms with Gasteiger partial charge < -0.3 is 14.4 Å². The smallest absolute Gasteiger partial charge is 0.433 e. The molecule has 162 valence electrons. The molecule has 1 aliphatic rings. The number of hydrogen-bond acceptors (Lipinski definition) is 5. The quantitative estimate of drug-likeness (QED) is 0.648. The monoisotopic (exact) mass is 441 g/mol. The average Bonchev–Trinajstić information content (AvgIpc) is 3.16. The molecule has 0 aromatic heterocycles. The number of rotatable bonds is 4. The molecule has 2 aromatic rings. The summed E-state index contributed by atoms with van der Waals surface area (Å²) in [4.78, 5) is 0.656. The first kappa shape index (κ1) is 22.2. The third-order valence-corrected chi connectivity index (χ3v) is 4.46. The van der Waals surface area contributed by atoms with Crippen molar-refractivity contribution in [3.05, 3.63) is 59.2 Å². The molecule has 1 saturated heterocycles. The fourth-order valence-corrected chi connectivity index (χ4v) is 3.06. The Kier molecular flexibility index (Phi) is 6.00. The van der Waals surface area contributed by atoms with Crippen LogP contribution in [0.3, 0.4) is 0 Å². The van der Waals surface area contributed by atoms with Gasteiger partial charge in [0.15, 0.2) is 0 Å². The minimum Gasteiger partial charge on any atom is -0.491 e. The Balaban J connectivity index is 1.82. The van der Waals surface area contributed by atoms with Gasteiger partial charge >= 0.3 is 12.4 Å². The second-order valence-corrected chi connectivity index (χ2v) is 6.59. The molecular weight excluding hydrogens is 428 g/mol. The van der Waals surface area contributed by atoms with Crippen molar-refractivity contribution in [2.24, 2.45) is 0 Å². The highest BCUT2D eigenvalue weighted by Gasteiger charge is 2.51. The lowest BCUT2D eigenvalue weighted by Crippen LogP contribution is -2.42. The van der Waals surface area contributed by atoms with Crippen LogP contribution in [0.15, 0.2) is 42.5 Å². The van der Waals surface area contributed by atoms with Crippen LogP contribution in [0.1, 0.15) is 16.7 Å². The van der Waals surface area contributed by atoms with Crippen LogP contribution in [0, 0.1) is 22.7 Å². The molecule has 0 N–H and O–H groups in total. The zero-order valence-corrected chi connectivity index (χ0v) is 15.5. The van der Waals surface area contributed by atoms with Crippen LogP contribution in [-0.2, 0) is 10.9 Å². The lowest BCUT2D eigenvalue weighted by atomic mass is 10.1. The molecule has 1 aliphatic heterocycles. The highest BCUT2D eigenvalue weighted by molar-refractivity contribution is 5.56. The third-order valence-electron chi connectivity index (χ3n) is 4.46. The van der Waals surface area contributed by atoms with Gasteiger partial charge in [0, 0.05) is 5.69 Å². The molecule has 11 heteroatoms. The minimum atomic E-state index is -4.91. The van der Waals surface area contributed by atoms with E-state index in [2.05, 4.69) is 0 Å². The first-order chi connectivity index (χ1) is 14.5. The number of hydrogen-bond donors (Lipinski definition) is 0. The molecule has 0 radical (unpaired) electrons. The second-order valence-electron chi connectivity index (χ2n) is 6.59. The van der Waals surface area contributed by atoms with Crippen LogP contribution in [0.25, 0.3) is 0 Å². The lowest BCUT2D eigenvalue weighted by molar-refractivity contribution is -0.215. The predicted octanol–water partition coefficient (Wildman–Crippen LogP) is 4.62. The Morgan fingerprint density at radius 2 is 1.68 bits per heavy atom. The molecule has 0 amide bonds. The van der Waals surface area contributed by atoms with Crippen LogP contribution in [0.2, 0.25) is 0 Å². The number of benzene rings is 2. The Bertz CT molecular complexity index is 1020. The van der Waals surface area contributed by atoms with Gasteiger partial charge in [-0.2, -0.15) is 36.9 Å². The highest BCUT2D eigenvalue weighted by Crippen LogP contribution is 2.39. The van der Waals surface area contributed by atoms with Crippen molar-refractivity contribution in [3.63, 3.8) is 0 Å². The van der Waals surface area contributed by atoms with E-state index in [4.69, 9.17) is 20.0 Å². The Labute approximate surface area is 172 Å². The number of nitriles is 2. The lowest BCUT2D eigenvalue weighted by Gasteiger charge is -2.27. The fourth-order valence-electron chi connectivity index (χ4n) is 3.06. The SMILES string of the molecule is N#Cc1ccc(OC[C@H]2CN(c3ccc(C#N)c(C(F)(F)F)c3)[C@H](C(F)(F)F)O2)cc1. The molecular formula is C20H13F6N3O2. The molecule has 1 heterocycles. The number of anilines is 1. The molecule has 2 aromatic carbocycles. The van der Waals surface area contributed by atoms with E-state index >= 15 is 0 Å². The Morgan fingerprint density at radius 1 is 1.00 bits per heavy atom. The summed E-state index contributed by atoms with van der Waals surface area (Å²) in [6.07, 6.45) is -13.4. The van der Waals surface area contributed by atoms with E-state index in [0.717, 1.165) is 12.1 Å². The number of nitrogens with zero attached hydrogens (tertiary/aromatic N) is 3. The van der Waals surface area contributed by atoms with Crippen LogP contribution in [0.4, 0.5) is 32.0 Å². The second kappa shape index (κ2) is 8.36. The molecule has 0 unspecified atom stereocenters. The first-order valence-corrected chi connectivity index (χ1v) is 8.76. The molecule has 3 rings (SSSR count). The molecule has 0 spiro atoms. The van der Waals surface area contributed by atoms with Crippen LogP contribution >= 0.6 is 0 Å². The number of ether oxygens (including phenoxy) is 2. The van der Waals surface area contributed by atoms with E-state index in [1.165, 1.54) is 30.3 Å². The van der Waals surface area contributed by atoms with Gasteiger partial charge in [0.2, 0.25) is 6.23 Å². The summed E-state index contributed by atoms with van der Waals surface area (Å²) in [5, 5.41) is 17.6. The molecule has 1 fully saturated rings. The summed E-state index contributed by atoms with van der Waals surface area (Å²) < 4.78 is 90.5. The summed E-state index contributed by atoms with van der Waals surface area (Å²) in [6, 6.07) is 11.5. The summed E-state index contributed by atoms with van der Waals surface area (Å²) in [6.45, 7) is -0.680. The maximum atomic E-state index is 13.5. The maximum Gasteiger partial charge on any atom is 0.433 e. The van der Waals surface area contributed by atoms with Crippen molar-refractivity contribution in [3.8, 4) is 17.9 Å². The average molecular weight is 441 g/mol. The fraction of sp³-hybridized carbons (Fsp3) is 0.300. The zero-order chi connectivity index (χ0) is 22.8. The zero-order valence-electron chi connectivity index (χ0n) is 15.5.